The van der Waals surface area contributed by atoms with Crippen LogP contribution in [0, 0.1) is 0 Å². The zero-order chi connectivity index (χ0) is 59.6. The molecule has 1 amide bonds. The number of carbonyl (C=O) groups excluding carboxylic acids is 1. The molecule has 3 aromatic carbocycles. The molecule has 0 spiro atoms. The van der Waals surface area contributed by atoms with E-state index in [0.717, 1.165) is 18.3 Å². The molecule has 0 bridgehead atoms. The van der Waals surface area contributed by atoms with E-state index in [1.165, 1.54) is 75.1 Å². The van der Waals surface area contributed by atoms with Crippen LogP contribution in [0.3, 0.4) is 0 Å². The van der Waals surface area contributed by atoms with Crippen molar-refractivity contribution >= 4 is 51.2 Å². The van der Waals surface area contributed by atoms with Gasteiger partial charge in [-0.2, -0.15) is 0 Å². The molecule has 10 aromatic rings. The first-order valence-corrected chi connectivity index (χ1v) is 27.2. The number of ether oxygens (including phenoxy) is 2. The number of nitrogens with two attached hydrogens (primary N) is 2. The van der Waals surface area contributed by atoms with Crippen LogP contribution in [0.5, 0.6) is 23.4 Å². The Bertz CT molecular complexity index is 4100. The highest BCUT2D eigenvalue weighted by Gasteiger charge is 2.27. The van der Waals surface area contributed by atoms with Crippen molar-refractivity contribution in [2.45, 2.75) is 44.1 Å². The zero-order valence-corrected chi connectivity index (χ0v) is 47.1. The molecular formula is C61H63N17O7. The maximum Gasteiger partial charge on any atom is 0.339 e. The molecule has 2 aliphatic rings. The molecule has 7 heterocycles. The van der Waals surface area contributed by atoms with E-state index in [2.05, 4.69) is 57.1 Å². The van der Waals surface area contributed by atoms with E-state index < -0.39 is 12.0 Å². The number of benzene rings is 3. The van der Waals surface area contributed by atoms with Crippen molar-refractivity contribution in [3.63, 3.8) is 0 Å². The number of aliphatic hydroxyl groups is 2. The summed E-state index contributed by atoms with van der Waals surface area (Å²) < 4.78 is 17.2. The normalized spacial score (nSPS) is 13.1. The summed E-state index contributed by atoms with van der Waals surface area (Å²) in [6, 6.07) is 37.3. The van der Waals surface area contributed by atoms with Crippen LogP contribution in [-0.2, 0) is 4.79 Å². The molecule has 24 heteroatoms. The van der Waals surface area contributed by atoms with E-state index in [1.54, 1.807) is 84.9 Å². The molecule has 7 N–H and O–H groups in total. The second-order valence-corrected chi connectivity index (χ2v) is 20.0. The van der Waals surface area contributed by atoms with Crippen molar-refractivity contribution < 1.29 is 24.5 Å². The summed E-state index contributed by atoms with van der Waals surface area (Å²) in [5, 5.41) is 20.0. The van der Waals surface area contributed by atoms with Gasteiger partial charge in [0.1, 0.15) is 29.4 Å². The topological polar surface area (TPSA) is 294 Å². The summed E-state index contributed by atoms with van der Waals surface area (Å²) in [6.07, 6.45) is 17.7. The number of pyridine rings is 3. The van der Waals surface area contributed by atoms with E-state index >= 15 is 0 Å². The van der Waals surface area contributed by atoms with Crippen molar-refractivity contribution in [1.82, 2.24) is 63.0 Å². The Kier molecular flexibility index (Phi) is 17.8. The molecule has 434 valence electrons. The third-order valence-electron chi connectivity index (χ3n) is 14.0. The number of nitrogens with one attached hydrogen (secondary N) is 1. The number of likely N-dealkylation sites (N-methyl/N-ethyl adjacent to an activating group) is 3. The molecule has 85 heavy (non-hydrogen) atoms. The highest BCUT2D eigenvalue weighted by Crippen LogP contribution is 2.29. The summed E-state index contributed by atoms with van der Waals surface area (Å²) in [5.74, 6) is 1.95. The Hall–Kier alpha value is -10.4. The van der Waals surface area contributed by atoms with Crippen molar-refractivity contribution in [3.05, 3.63) is 198 Å². The lowest BCUT2D eigenvalue weighted by Crippen LogP contribution is -2.26. The summed E-state index contributed by atoms with van der Waals surface area (Å²) in [7, 11) is 7.62. The van der Waals surface area contributed by atoms with Gasteiger partial charge in [-0.3, -0.25) is 23.7 Å². The maximum absolute atomic E-state index is 13.9. The number of hydrogen-bond donors (Lipinski definition) is 5. The van der Waals surface area contributed by atoms with Crippen LogP contribution < -0.4 is 42.5 Å². The number of imidazole rings is 2. The van der Waals surface area contributed by atoms with Gasteiger partial charge in [0.05, 0.1) is 35.1 Å². The lowest BCUT2D eigenvalue weighted by Gasteiger charge is -2.17. The van der Waals surface area contributed by atoms with Crippen LogP contribution in [0.2, 0.25) is 0 Å². The van der Waals surface area contributed by atoms with Crippen LogP contribution in [0.1, 0.15) is 25.7 Å². The van der Waals surface area contributed by atoms with Gasteiger partial charge < -0.3 is 41.4 Å². The fraction of sp³-hybridized carbons (Fsp3) is 0.213. The molecule has 2 aliphatic carbocycles. The number of hydrogen-bond acceptors (Lipinski definition) is 19. The Morgan fingerprint density at radius 1 is 0.612 bits per heavy atom. The number of nitrogen functional groups attached to an aromatic ring is 2. The third kappa shape index (κ3) is 13.8. The van der Waals surface area contributed by atoms with Crippen LogP contribution >= 0.6 is 0 Å². The Labute approximate surface area is 487 Å². The molecule has 2 fully saturated rings. The number of amides is 1. The van der Waals surface area contributed by atoms with E-state index in [-0.39, 0.29) is 23.2 Å². The predicted octanol–water partition coefficient (Wildman–Crippen LogP) is 6.68. The van der Waals surface area contributed by atoms with Crippen molar-refractivity contribution in [2.24, 2.45) is 0 Å². The smallest absolute Gasteiger partial charge is 0.339 e. The van der Waals surface area contributed by atoms with Gasteiger partial charge in [-0.25, -0.2) is 53.6 Å². The SMILES string of the molecule is CN(C(=O)/C=C/CN(C)C1CC1)c1cccc(-n2c(=O)n(-c3ccc(Oc4ccccc4)nc3)c3c(N)ncnc32)c1.CN(C/C=C/C(O)O)C1CC1.CNc1cccc(-n2c(=O)n(-c3ccc(Oc4ccccn4)nc3)c3c(N)ncnc32)c1. The van der Waals surface area contributed by atoms with Crippen LogP contribution in [0.4, 0.5) is 23.0 Å². The molecule has 0 atom stereocenters. The number of aromatic nitrogens is 11. The molecule has 2 saturated carbocycles. The average molecular weight is 1150 g/mol. The maximum atomic E-state index is 13.9. The Balaban J connectivity index is 0.000000164. The van der Waals surface area contributed by atoms with E-state index in [4.69, 9.17) is 31.2 Å². The third-order valence-corrected chi connectivity index (χ3v) is 14.0. The number of anilines is 4. The lowest BCUT2D eigenvalue weighted by molar-refractivity contribution is -0.113. The molecule has 0 unspecified atom stereocenters. The summed E-state index contributed by atoms with van der Waals surface area (Å²) in [4.78, 5) is 76.1. The van der Waals surface area contributed by atoms with Gasteiger partial charge in [0, 0.05) is 81.1 Å². The van der Waals surface area contributed by atoms with Crippen LogP contribution in [0.15, 0.2) is 186 Å². The number of para-hydroxylation sites is 1. The Morgan fingerprint density at radius 2 is 1.15 bits per heavy atom. The zero-order valence-electron chi connectivity index (χ0n) is 47.1. The highest BCUT2D eigenvalue weighted by molar-refractivity contribution is 6.01. The summed E-state index contributed by atoms with van der Waals surface area (Å²) >= 11 is 0. The van der Waals surface area contributed by atoms with Crippen molar-refractivity contribution in [3.8, 4) is 46.1 Å². The molecule has 12 rings (SSSR count). The fourth-order valence-corrected chi connectivity index (χ4v) is 9.17. The van der Waals surface area contributed by atoms with Gasteiger partial charge in [-0.05, 0) is 113 Å². The quantitative estimate of drug-likeness (QED) is 0.0340. The number of fused-ring (bicyclic) bond motifs is 2. The summed E-state index contributed by atoms with van der Waals surface area (Å²) in [5.41, 5.74) is 16.7. The highest BCUT2D eigenvalue weighted by atomic mass is 16.5. The fourth-order valence-electron chi connectivity index (χ4n) is 9.17. The second kappa shape index (κ2) is 26.2. The van der Waals surface area contributed by atoms with Gasteiger partial charge >= 0.3 is 11.4 Å². The van der Waals surface area contributed by atoms with E-state index in [0.29, 0.717) is 86.7 Å². The number of nitrogens with zero attached hydrogens (tertiary/aromatic N) is 14. The first kappa shape index (κ1) is 57.8. The molecule has 0 aliphatic heterocycles. The lowest BCUT2D eigenvalue weighted by atomic mass is 10.2. The van der Waals surface area contributed by atoms with Crippen LogP contribution in [0.25, 0.3) is 45.1 Å². The van der Waals surface area contributed by atoms with Crippen molar-refractivity contribution in [2.75, 3.05) is 63.0 Å². The predicted molar refractivity (Wildman–Crippen MR) is 325 cm³/mol. The van der Waals surface area contributed by atoms with Gasteiger partial charge in [-0.15, -0.1) is 0 Å². The molecular weight excluding hydrogens is 1080 g/mol. The largest absolute Gasteiger partial charge is 0.439 e. The van der Waals surface area contributed by atoms with E-state index in [9.17, 15) is 14.4 Å². The minimum atomic E-state index is -1.30. The molecule has 0 saturated heterocycles. The van der Waals surface area contributed by atoms with Crippen molar-refractivity contribution in [1.29, 1.82) is 0 Å². The van der Waals surface area contributed by atoms with Gasteiger partial charge in [0.15, 0.2) is 29.2 Å². The molecule has 7 aromatic heterocycles. The van der Waals surface area contributed by atoms with Crippen LogP contribution in [-0.4, -0.2) is 139 Å². The number of carbonyl (C=O) groups is 1. The standard InChI is InChI=1S/C31H30N8O3.C22H18N8O2.C8H15NO2/c1-36(21-13-14-21)17-7-12-27(40)37(2)22-8-6-9-23(18-22)39-30-28(29(32)34-20-35-30)38(31(39)41)24-15-16-26(33-19-24)42-25-10-4-3-5-11-25;1-24-14-5-4-6-15(11-14)30-21-19(20(23)27-13-28-21)29(22(30)31)16-8-9-18(26-12-16)32-17-7-2-3-10-25-17;1-9(7-4-5-7)6-2-3-8(10)11/h3-12,15-16,18-21H,13-14,17H2,1-2H3,(H2,32,34,35);2-13,24H,1H3,(H2,23,27,28);2-3,7-8,10-11H,4-6H2,1H3/b12-7+;;3-2+. The molecule has 0 radical (unpaired) electrons. The van der Waals surface area contributed by atoms with Gasteiger partial charge in [0.25, 0.3) is 0 Å². The Morgan fingerprint density at radius 3 is 1.68 bits per heavy atom. The van der Waals surface area contributed by atoms with E-state index in [1.807, 2.05) is 86.9 Å². The minimum absolute atomic E-state index is 0.144. The number of aliphatic hydroxyl groups excluding tert-OH is 1. The second-order valence-electron chi connectivity index (χ2n) is 20.0. The van der Waals surface area contributed by atoms with Gasteiger partial charge in [-0.1, -0.05) is 48.6 Å². The van der Waals surface area contributed by atoms with Gasteiger partial charge in [0.2, 0.25) is 23.5 Å². The monoisotopic (exact) mass is 1150 g/mol. The first-order chi connectivity index (χ1) is 41.3. The summed E-state index contributed by atoms with van der Waals surface area (Å²) in [6.45, 7) is 1.52. The number of rotatable bonds is 18. The minimum Gasteiger partial charge on any atom is -0.439 e. The first-order valence-electron chi connectivity index (χ1n) is 27.2. The molecule has 24 nitrogen and oxygen atoms in total. The average Bonchev–Trinajstić information content (AvgIpc) is 1.86.